The fourth-order valence-electron chi connectivity index (χ4n) is 1.17. The van der Waals surface area contributed by atoms with Crippen molar-refractivity contribution < 1.29 is 23.8 Å². The predicted molar refractivity (Wildman–Crippen MR) is 62.1 cm³/mol. The van der Waals surface area contributed by atoms with Crippen LogP contribution in [0.2, 0.25) is 0 Å². The Morgan fingerprint density at radius 3 is 3.00 bits per heavy atom. The Balaban J connectivity index is 2.01. The summed E-state index contributed by atoms with van der Waals surface area (Å²) in [4.78, 5) is 27.1. The van der Waals surface area contributed by atoms with E-state index < -0.39 is 11.9 Å². The third kappa shape index (κ3) is 2.77. The van der Waals surface area contributed by atoms with E-state index in [1.807, 2.05) is 0 Å². The number of hydrogen-bond donors (Lipinski definition) is 1. The van der Waals surface area contributed by atoms with Gasteiger partial charge in [0.25, 0.3) is 5.91 Å². The molecule has 96 valence electrons. The van der Waals surface area contributed by atoms with E-state index in [4.69, 9.17) is 9.47 Å². The summed E-state index contributed by atoms with van der Waals surface area (Å²) >= 11 is 1.02. The molecule has 18 heavy (non-hydrogen) atoms. The summed E-state index contributed by atoms with van der Waals surface area (Å²) in [5, 5.41) is 2.79. The van der Waals surface area contributed by atoms with E-state index in [0.29, 0.717) is 18.1 Å². The van der Waals surface area contributed by atoms with Crippen molar-refractivity contribution >= 4 is 28.3 Å². The highest BCUT2D eigenvalue weighted by atomic mass is 32.1. The first kappa shape index (κ1) is 12.4. The van der Waals surface area contributed by atoms with E-state index >= 15 is 0 Å². The number of carbonyl (C=O) groups excluding carboxylic acids is 2. The Hall–Kier alpha value is -2.09. The quantitative estimate of drug-likeness (QED) is 0.816. The molecule has 0 aliphatic carbocycles. The van der Waals surface area contributed by atoms with Crippen LogP contribution >= 0.6 is 11.3 Å². The molecule has 1 aliphatic rings. The van der Waals surface area contributed by atoms with Crippen molar-refractivity contribution in [2.24, 2.45) is 0 Å². The summed E-state index contributed by atoms with van der Waals surface area (Å²) in [5.74, 6) is -0.888. The van der Waals surface area contributed by atoms with E-state index in [2.05, 4.69) is 15.0 Å². The summed E-state index contributed by atoms with van der Waals surface area (Å²) in [6.45, 7) is 0.741. The van der Waals surface area contributed by atoms with Gasteiger partial charge in [0.05, 0.1) is 13.3 Å². The molecular formula is C10H10N2O5S. The number of anilines is 1. The number of thiazole rings is 1. The predicted octanol–water partition coefficient (Wildman–Crippen LogP) is 0.756. The number of ether oxygens (including phenoxy) is 3. The van der Waals surface area contributed by atoms with Gasteiger partial charge in [0.1, 0.15) is 24.4 Å². The van der Waals surface area contributed by atoms with Gasteiger partial charge in [0.2, 0.25) is 5.76 Å². The number of aromatic nitrogens is 1. The van der Waals surface area contributed by atoms with Gasteiger partial charge in [-0.15, -0.1) is 0 Å². The lowest BCUT2D eigenvalue weighted by atomic mass is 10.5. The number of amides is 1. The van der Waals surface area contributed by atoms with Crippen molar-refractivity contribution in [1.82, 2.24) is 4.98 Å². The summed E-state index contributed by atoms with van der Waals surface area (Å²) in [6, 6.07) is 0. The molecule has 1 N–H and O–H groups in total. The Morgan fingerprint density at radius 2 is 2.33 bits per heavy atom. The standard InChI is InChI=1S/C10H10N2O5S/c1-15-9(14)7-4-11-10(18-7)12-8(13)6-5-16-2-3-17-6/h4-5H,2-3H2,1H3,(H,11,12,13). The van der Waals surface area contributed by atoms with Crippen molar-refractivity contribution in [3.8, 4) is 0 Å². The summed E-state index contributed by atoms with van der Waals surface area (Å²) in [7, 11) is 1.28. The van der Waals surface area contributed by atoms with Crippen LogP contribution in [0.25, 0.3) is 0 Å². The maximum atomic E-state index is 11.7. The SMILES string of the molecule is COC(=O)c1cnc(NC(=O)C2=COCCO2)s1. The fourth-order valence-corrected chi connectivity index (χ4v) is 1.90. The zero-order valence-corrected chi connectivity index (χ0v) is 10.3. The van der Waals surface area contributed by atoms with Crippen LogP contribution in [0, 0.1) is 0 Å². The summed E-state index contributed by atoms with van der Waals surface area (Å²) in [5.41, 5.74) is 0. The molecule has 2 rings (SSSR count). The molecular weight excluding hydrogens is 260 g/mol. The van der Waals surface area contributed by atoms with Crippen LogP contribution in [0.1, 0.15) is 9.67 Å². The minimum atomic E-state index is -0.496. The van der Waals surface area contributed by atoms with Crippen LogP contribution in [0.3, 0.4) is 0 Å². The molecule has 0 saturated carbocycles. The average Bonchev–Trinajstić information content (AvgIpc) is 2.87. The lowest BCUT2D eigenvalue weighted by Crippen LogP contribution is -2.20. The van der Waals surface area contributed by atoms with Crippen LogP contribution in [0.4, 0.5) is 5.13 Å². The number of hydrogen-bond acceptors (Lipinski definition) is 7. The van der Waals surface area contributed by atoms with Crippen LogP contribution in [0.15, 0.2) is 18.2 Å². The topological polar surface area (TPSA) is 86.8 Å². The van der Waals surface area contributed by atoms with E-state index in [1.165, 1.54) is 19.6 Å². The molecule has 0 unspecified atom stereocenters. The second-order valence-electron chi connectivity index (χ2n) is 3.18. The second kappa shape index (κ2) is 5.50. The maximum absolute atomic E-state index is 11.7. The number of rotatable bonds is 3. The molecule has 8 heteroatoms. The van der Waals surface area contributed by atoms with E-state index in [9.17, 15) is 9.59 Å². The van der Waals surface area contributed by atoms with Crippen LogP contribution < -0.4 is 5.32 Å². The number of carbonyl (C=O) groups is 2. The largest absolute Gasteiger partial charge is 0.494 e. The van der Waals surface area contributed by atoms with Gasteiger partial charge < -0.3 is 14.2 Å². The molecule has 2 heterocycles. The molecule has 0 aromatic carbocycles. The molecule has 1 amide bonds. The van der Waals surface area contributed by atoms with Gasteiger partial charge in [-0.1, -0.05) is 11.3 Å². The van der Waals surface area contributed by atoms with Crippen molar-refractivity contribution in [2.75, 3.05) is 25.6 Å². The molecule has 0 bridgehead atoms. The van der Waals surface area contributed by atoms with Gasteiger partial charge in [-0.3, -0.25) is 10.1 Å². The number of nitrogens with zero attached hydrogens (tertiary/aromatic N) is 1. The molecule has 7 nitrogen and oxygen atoms in total. The monoisotopic (exact) mass is 270 g/mol. The molecule has 1 aromatic heterocycles. The van der Waals surface area contributed by atoms with Crippen molar-refractivity contribution in [3.05, 3.63) is 23.1 Å². The average molecular weight is 270 g/mol. The third-order valence-corrected chi connectivity index (χ3v) is 2.88. The lowest BCUT2D eigenvalue weighted by Gasteiger charge is -2.14. The van der Waals surface area contributed by atoms with Crippen molar-refractivity contribution in [2.45, 2.75) is 0 Å². The molecule has 0 spiro atoms. The van der Waals surface area contributed by atoms with Gasteiger partial charge in [0, 0.05) is 0 Å². The highest BCUT2D eigenvalue weighted by molar-refractivity contribution is 7.17. The Kier molecular flexibility index (Phi) is 3.78. The summed E-state index contributed by atoms with van der Waals surface area (Å²) in [6.07, 6.45) is 2.58. The molecule has 0 fully saturated rings. The smallest absolute Gasteiger partial charge is 0.349 e. The van der Waals surface area contributed by atoms with Gasteiger partial charge in [-0.2, -0.15) is 0 Å². The lowest BCUT2D eigenvalue weighted by molar-refractivity contribution is -0.117. The van der Waals surface area contributed by atoms with Gasteiger partial charge in [-0.05, 0) is 0 Å². The first-order valence-corrected chi connectivity index (χ1v) is 5.82. The van der Waals surface area contributed by atoms with Crippen LogP contribution in [-0.4, -0.2) is 37.2 Å². The van der Waals surface area contributed by atoms with Crippen molar-refractivity contribution in [1.29, 1.82) is 0 Å². The number of nitrogens with one attached hydrogen (secondary N) is 1. The Labute approximate surface area is 106 Å². The maximum Gasteiger partial charge on any atom is 0.349 e. The first-order chi connectivity index (χ1) is 8.70. The second-order valence-corrected chi connectivity index (χ2v) is 4.21. The Morgan fingerprint density at radius 1 is 1.50 bits per heavy atom. The van der Waals surface area contributed by atoms with Gasteiger partial charge in [0.15, 0.2) is 5.13 Å². The normalized spacial score (nSPS) is 13.9. The van der Waals surface area contributed by atoms with Gasteiger partial charge in [-0.25, -0.2) is 9.78 Å². The minimum absolute atomic E-state index is 0.0797. The highest BCUT2D eigenvalue weighted by Crippen LogP contribution is 2.19. The zero-order chi connectivity index (χ0) is 13.0. The fraction of sp³-hybridized carbons (Fsp3) is 0.300. The molecule has 0 atom stereocenters. The van der Waals surface area contributed by atoms with E-state index in [0.717, 1.165) is 11.3 Å². The third-order valence-electron chi connectivity index (χ3n) is 1.99. The molecule has 1 aromatic rings. The number of esters is 1. The number of methoxy groups -OCH3 is 1. The molecule has 0 radical (unpaired) electrons. The Bertz CT molecular complexity index is 496. The first-order valence-electron chi connectivity index (χ1n) is 5.01. The van der Waals surface area contributed by atoms with Gasteiger partial charge >= 0.3 is 5.97 Å². The van der Waals surface area contributed by atoms with Crippen LogP contribution in [0.5, 0.6) is 0 Å². The molecule has 1 aliphatic heterocycles. The van der Waals surface area contributed by atoms with E-state index in [1.54, 1.807) is 0 Å². The summed E-state index contributed by atoms with van der Waals surface area (Å²) < 4.78 is 14.6. The van der Waals surface area contributed by atoms with E-state index in [-0.39, 0.29) is 10.9 Å². The minimum Gasteiger partial charge on any atom is -0.494 e. The highest BCUT2D eigenvalue weighted by Gasteiger charge is 2.17. The zero-order valence-electron chi connectivity index (χ0n) is 9.47. The van der Waals surface area contributed by atoms with Crippen LogP contribution in [-0.2, 0) is 19.0 Å². The molecule has 0 saturated heterocycles. The van der Waals surface area contributed by atoms with Crippen molar-refractivity contribution in [3.63, 3.8) is 0 Å².